The second-order valence-corrected chi connectivity index (χ2v) is 4.82. The second-order valence-electron chi connectivity index (χ2n) is 2.98. The Morgan fingerprint density at radius 1 is 1.69 bits per heavy atom. The number of hydrogen-bond acceptors (Lipinski definition) is 5. The van der Waals surface area contributed by atoms with Crippen LogP contribution in [-0.4, -0.2) is 35.3 Å². The molecule has 1 rings (SSSR count). The standard InChI is InChI=1S/C5H12NO5P.C3H4O/c1-11-5(7)3-2-4(6)12(8,9)10;1-2-4-3-1/h4H,2-3,6H2,1H3,(H2,8,9,10);1-2H,3H2. The van der Waals surface area contributed by atoms with Gasteiger partial charge in [0.25, 0.3) is 0 Å². The summed E-state index contributed by atoms with van der Waals surface area (Å²) < 4.78 is 19.3. The molecule has 4 N–H and O–H groups in total. The maximum Gasteiger partial charge on any atom is 0.342 e. The van der Waals surface area contributed by atoms with Gasteiger partial charge < -0.3 is 25.0 Å². The van der Waals surface area contributed by atoms with Crippen molar-refractivity contribution in [2.75, 3.05) is 13.7 Å². The van der Waals surface area contributed by atoms with Gasteiger partial charge in [0.15, 0.2) is 0 Å². The van der Waals surface area contributed by atoms with Crippen molar-refractivity contribution in [3.05, 3.63) is 12.3 Å². The minimum absolute atomic E-state index is 0.0725. The average molecular weight is 253 g/mol. The zero-order valence-electron chi connectivity index (χ0n) is 8.91. The largest absolute Gasteiger partial charge is 0.497 e. The van der Waals surface area contributed by atoms with Crippen LogP contribution >= 0.6 is 7.60 Å². The van der Waals surface area contributed by atoms with Crippen LogP contribution in [0.4, 0.5) is 0 Å². The van der Waals surface area contributed by atoms with E-state index in [1.807, 2.05) is 6.08 Å². The third-order valence-corrected chi connectivity index (χ3v) is 2.81. The fraction of sp³-hybridized carbons (Fsp3) is 0.625. The summed E-state index contributed by atoms with van der Waals surface area (Å²) in [6, 6.07) is 0. The van der Waals surface area contributed by atoms with Crippen molar-refractivity contribution in [3.8, 4) is 0 Å². The lowest BCUT2D eigenvalue weighted by Crippen LogP contribution is -2.21. The fourth-order valence-electron chi connectivity index (χ4n) is 0.632. The van der Waals surface area contributed by atoms with Crippen LogP contribution in [0.5, 0.6) is 0 Å². The minimum atomic E-state index is -4.25. The highest BCUT2D eigenvalue weighted by atomic mass is 31.2. The lowest BCUT2D eigenvalue weighted by Gasteiger charge is -2.11. The van der Waals surface area contributed by atoms with Crippen LogP contribution in [0.3, 0.4) is 0 Å². The second kappa shape index (κ2) is 7.40. The summed E-state index contributed by atoms with van der Waals surface area (Å²) in [6.45, 7) is 0.819. The van der Waals surface area contributed by atoms with Crippen molar-refractivity contribution in [2.24, 2.45) is 5.73 Å². The number of ether oxygens (including phenoxy) is 2. The Kier molecular flexibility index (Phi) is 7.00. The molecule has 0 fully saturated rings. The summed E-state index contributed by atoms with van der Waals surface area (Å²) in [5.74, 6) is -1.81. The highest BCUT2D eigenvalue weighted by Gasteiger charge is 2.24. The number of carbonyl (C=O) groups excluding carboxylic acids is 1. The van der Waals surface area contributed by atoms with Gasteiger partial charge in [-0.3, -0.25) is 9.36 Å². The van der Waals surface area contributed by atoms with Gasteiger partial charge in [-0.25, -0.2) is 0 Å². The van der Waals surface area contributed by atoms with Gasteiger partial charge in [-0.05, 0) is 12.5 Å². The first-order valence-corrected chi connectivity index (χ1v) is 6.20. The molecule has 0 bridgehead atoms. The van der Waals surface area contributed by atoms with Crippen LogP contribution in [0.2, 0.25) is 0 Å². The monoisotopic (exact) mass is 253 g/mol. The molecule has 1 heterocycles. The lowest BCUT2D eigenvalue weighted by molar-refractivity contribution is -0.140. The van der Waals surface area contributed by atoms with E-state index in [0.29, 0.717) is 0 Å². The third kappa shape index (κ3) is 7.42. The zero-order chi connectivity index (χ0) is 12.6. The first kappa shape index (κ1) is 15.1. The first-order chi connectivity index (χ1) is 7.38. The number of methoxy groups -OCH3 is 1. The third-order valence-electron chi connectivity index (χ3n) is 1.69. The number of nitrogens with two attached hydrogens (primary N) is 1. The van der Waals surface area contributed by atoms with E-state index in [1.165, 1.54) is 7.11 Å². The Labute approximate surface area is 93.4 Å². The van der Waals surface area contributed by atoms with Gasteiger partial charge >= 0.3 is 13.6 Å². The maximum atomic E-state index is 10.5. The van der Waals surface area contributed by atoms with Gasteiger partial charge in [-0.2, -0.15) is 0 Å². The van der Waals surface area contributed by atoms with Crippen molar-refractivity contribution in [1.82, 2.24) is 0 Å². The van der Waals surface area contributed by atoms with Crippen LogP contribution in [0.15, 0.2) is 12.3 Å². The molecule has 0 radical (unpaired) electrons. The predicted molar refractivity (Wildman–Crippen MR) is 56.4 cm³/mol. The molecule has 1 aliphatic rings. The van der Waals surface area contributed by atoms with Crippen LogP contribution in [0, 0.1) is 0 Å². The summed E-state index contributed by atoms with van der Waals surface area (Å²) in [4.78, 5) is 27.5. The van der Waals surface area contributed by atoms with Gasteiger partial charge in [0.2, 0.25) is 0 Å². The van der Waals surface area contributed by atoms with E-state index in [0.717, 1.165) is 6.61 Å². The molecule has 1 aliphatic heterocycles. The summed E-state index contributed by atoms with van der Waals surface area (Å²) in [5.41, 5.74) is 5.08. The van der Waals surface area contributed by atoms with Crippen LogP contribution in [-0.2, 0) is 18.8 Å². The van der Waals surface area contributed by atoms with Crippen molar-refractivity contribution in [1.29, 1.82) is 0 Å². The summed E-state index contributed by atoms with van der Waals surface area (Å²) in [7, 11) is -3.05. The molecular weight excluding hydrogens is 237 g/mol. The summed E-state index contributed by atoms with van der Waals surface area (Å²) >= 11 is 0. The number of esters is 1. The van der Waals surface area contributed by atoms with E-state index in [1.54, 1.807) is 6.26 Å². The first-order valence-electron chi connectivity index (χ1n) is 4.52. The molecule has 0 aromatic carbocycles. The molecule has 16 heavy (non-hydrogen) atoms. The molecular formula is C8H16NO6P. The SMILES string of the molecule is C1=COC1.COC(=O)CCC(N)P(=O)(O)O. The maximum absolute atomic E-state index is 10.5. The molecule has 0 saturated carbocycles. The van der Waals surface area contributed by atoms with Crippen molar-refractivity contribution in [2.45, 2.75) is 18.6 Å². The predicted octanol–water partition coefficient (Wildman–Crippen LogP) is -0.0676. The Bertz CT molecular complexity index is 280. The van der Waals surface area contributed by atoms with Gasteiger partial charge in [0.1, 0.15) is 12.4 Å². The normalized spacial score (nSPS) is 15.0. The molecule has 7 nitrogen and oxygen atoms in total. The molecule has 8 heteroatoms. The summed E-state index contributed by atoms with van der Waals surface area (Å²) in [5, 5.41) is 0. The molecule has 0 aromatic heterocycles. The lowest BCUT2D eigenvalue weighted by atomic mass is 10.3. The quantitative estimate of drug-likeness (QED) is 0.474. The van der Waals surface area contributed by atoms with Gasteiger partial charge in [-0.15, -0.1) is 0 Å². The van der Waals surface area contributed by atoms with Gasteiger partial charge in [-0.1, -0.05) is 0 Å². The molecule has 0 amide bonds. The molecule has 0 aromatic rings. The molecule has 1 unspecified atom stereocenters. The molecule has 94 valence electrons. The van der Waals surface area contributed by atoms with E-state index in [-0.39, 0.29) is 12.8 Å². The minimum Gasteiger partial charge on any atom is -0.497 e. The Balaban J connectivity index is 0.000000462. The van der Waals surface area contributed by atoms with Crippen LogP contribution < -0.4 is 5.73 Å². The van der Waals surface area contributed by atoms with Gasteiger partial charge in [0.05, 0.1) is 13.4 Å². The molecule has 1 atom stereocenters. The van der Waals surface area contributed by atoms with E-state index < -0.39 is 19.3 Å². The van der Waals surface area contributed by atoms with Crippen molar-refractivity contribution >= 4 is 13.6 Å². The van der Waals surface area contributed by atoms with E-state index >= 15 is 0 Å². The van der Waals surface area contributed by atoms with E-state index in [4.69, 9.17) is 15.5 Å². The average Bonchev–Trinajstić information content (AvgIpc) is 2.09. The van der Waals surface area contributed by atoms with Crippen molar-refractivity contribution in [3.63, 3.8) is 0 Å². The smallest absolute Gasteiger partial charge is 0.342 e. The van der Waals surface area contributed by atoms with E-state index in [9.17, 15) is 9.36 Å². The van der Waals surface area contributed by atoms with Gasteiger partial charge in [0, 0.05) is 6.42 Å². The van der Waals surface area contributed by atoms with Crippen molar-refractivity contribution < 1.29 is 28.6 Å². The van der Waals surface area contributed by atoms with Crippen LogP contribution in [0.25, 0.3) is 0 Å². The Morgan fingerprint density at radius 3 is 2.38 bits per heavy atom. The van der Waals surface area contributed by atoms with E-state index in [2.05, 4.69) is 9.47 Å². The molecule has 0 spiro atoms. The Hall–Kier alpha value is -0.880. The molecule has 0 aliphatic carbocycles. The Morgan fingerprint density at radius 2 is 2.12 bits per heavy atom. The highest BCUT2D eigenvalue weighted by Crippen LogP contribution is 2.40. The summed E-state index contributed by atoms with van der Waals surface area (Å²) in [6.07, 6.45) is 3.49. The fourth-order valence-corrected chi connectivity index (χ4v) is 1.10. The number of rotatable bonds is 4. The molecule has 0 saturated heterocycles. The zero-order valence-corrected chi connectivity index (χ0v) is 9.80. The number of carbonyl (C=O) groups is 1. The number of hydrogen-bond donors (Lipinski definition) is 3. The van der Waals surface area contributed by atoms with Crippen LogP contribution in [0.1, 0.15) is 12.8 Å². The topological polar surface area (TPSA) is 119 Å². The highest BCUT2D eigenvalue weighted by molar-refractivity contribution is 7.52.